The Balaban J connectivity index is 1.52. The van der Waals surface area contributed by atoms with Crippen LogP contribution in [0, 0.1) is 0 Å². The van der Waals surface area contributed by atoms with Crippen molar-refractivity contribution in [1.29, 1.82) is 0 Å². The summed E-state index contributed by atoms with van der Waals surface area (Å²) < 4.78 is 7.54. The van der Waals surface area contributed by atoms with Crippen molar-refractivity contribution in [2.45, 2.75) is 17.0 Å². The first-order chi connectivity index (χ1) is 16.8. The van der Waals surface area contributed by atoms with E-state index in [0.717, 1.165) is 22.5 Å². The number of pyridine rings is 1. The summed E-state index contributed by atoms with van der Waals surface area (Å²) in [5.41, 5.74) is 3.01. The molecule has 1 aliphatic rings. The molecule has 1 saturated heterocycles. The molecule has 34 heavy (non-hydrogen) atoms. The number of nitrogens with zero attached hydrogens (tertiary/aromatic N) is 5. The van der Waals surface area contributed by atoms with E-state index in [1.54, 1.807) is 12.4 Å². The van der Waals surface area contributed by atoms with Gasteiger partial charge in [-0.2, -0.15) is 0 Å². The number of aromatic nitrogens is 4. The summed E-state index contributed by atoms with van der Waals surface area (Å²) in [7, 11) is 0. The van der Waals surface area contributed by atoms with Gasteiger partial charge in [0.25, 0.3) is 0 Å². The first-order valence-electron chi connectivity index (χ1n) is 11.3. The second-order valence-electron chi connectivity index (χ2n) is 7.96. The smallest absolute Gasteiger partial charge is 0.240 e. The summed E-state index contributed by atoms with van der Waals surface area (Å²) in [5.74, 6) is 0.818. The quantitative estimate of drug-likeness (QED) is 0.378. The van der Waals surface area contributed by atoms with Gasteiger partial charge in [0.15, 0.2) is 11.0 Å². The number of amides is 1. The van der Waals surface area contributed by atoms with Crippen LogP contribution in [-0.2, 0) is 16.1 Å². The van der Waals surface area contributed by atoms with Gasteiger partial charge in [-0.05, 0) is 23.3 Å². The molecule has 0 spiro atoms. The van der Waals surface area contributed by atoms with Crippen LogP contribution in [0.2, 0.25) is 0 Å². The summed E-state index contributed by atoms with van der Waals surface area (Å²) in [6, 6.07) is 23.9. The number of hydrogen-bond acceptors (Lipinski definition) is 6. The summed E-state index contributed by atoms with van der Waals surface area (Å²) in [6.07, 6.45) is 3.50. The first kappa shape index (κ1) is 22.3. The SMILES string of the molecule is O=C([C@H](Sc1nnc(-c2ccncc2)n1Cc1ccccc1)c1ccccc1)N1CCOCC1. The van der Waals surface area contributed by atoms with Crippen LogP contribution in [0.1, 0.15) is 16.4 Å². The average molecular weight is 472 g/mol. The molecular weight excluding hydrogens is 446 g/mol. The molecule has 0 aliphatic carbocycles. The molecule has 2 aromatic heterocycles. The fourth-order valence-corrected chi connectivity index (χ4v) is 5.06. The maximum absolute atomic E-state index is 13.6. The van der Waals surface area contributed by atoms with E-state index in [0.29, 0.717) is 38.0 Å². The topological polar surface area (TPSA) is 73.1 Å². The second-order valence-corrected chi connectivity index (χ2v) is 9.03. The molecule has 8 heteroatoms. The van der Waals surface area contributed by atoms with Crippen LogP contribution in [0.3, 0.4) is 0 Å². The minimum atomic E-state index is -0.427. The van der Waals surface area contributed by atoms with E-state index >= 15 is 0 Å². The van der Waals surface area contributed by atoms with Gasteiger partial charge >= 0.3 is 0 Å². The molecule has 5 rings (SSSR count). The predicted molar refractivity (Wildman–Crippen MR) is 131 cm³/mol. The Morgan fingerprint density at radius 2 is 1.59 bits per heavy atom. The normalized spacial score (nSPS) is 14.6. The molecule has 1 aliphatic heterocycles. The Kier molecular flexibility index (Phi) is 6.97. The minimum Gasteiger partial charge on any atom is -0.378 e. The average Bonchev–Trinajstić information content (AvgIpc) is 3.31. The third-order valence-corrected chi connectivity index (χ3v) is 6.93. The Labute approximate surface area is 202 Å². The zero-order chi connectivity index (χ0) is 23.2. The second kappa shape index (κ2) is 10.6. The lowest BCUT2D eigenvalue weighted by Gasteiger charge is -2.30. The van der Waals surface area contributed by atoms with Crippen molar-refractivity contribution < 1.29 is 9.53 Å². The lowest BCUT2D eigenvalue weighted by atomic mass is 10.1. The first-order valence-corrected chi connectivity index (χ1v) is 12.1. The summed E-state index contributed by atoms with van der Waals surface area (Å²) in [5, 5.41) is 9.33. The van der Waals surface area contributed by atoms with E-state index in [1.165, 1.54) is 11.8 Å². The Morgan fingerprint density at radius 3 is 2.29 bits per heavy atom. The lowest BCUT2D eigenvalue weighted by Crippen LogP contribution is -2.42. The van der Waals surface area contributed by atoms with Crippen molar-refractivity contribution in [3.05, 3.63) is 96.3 Å². The lowest BCUT2D eigenvalue weighted by molar-refractivity contribution is -0.134. The van der Waals surface area contributed by atoms with Crippen molar-refractivity contribution >= 4 is 17.7 Å². The fraction of sp³-hybridized carbons (Fsp3) is 0.231. The highest BCUT2D eigenvalue weighted by Gasteiger charge is 2.30. The van der Waals surface area contributed by atoms with Crippen LogP contribution in [-0.4, -0.2) is 56.9 Å². The standard InChI is InChI=1S/C26H25N5O2S/c32-25(30-15-17-33-18-16-30)23(21-9-5-2-6-10-21)34-26-29-28-24(22-11-13-27-14-12-22)31(26)19-20-7-3-1-4-8-20/h1-14,23H,15-19H2/t23-/m1/s1. The van der Waals surface area contributed by atoms with Crippen LogP contribution in [0.15, 0.2) is 90.3 Å². The molecule has 1 fully saturated rings. The molecule has 0 saturated carbocycles. The molecule has 0 N–H and O–H groups in total. The molecule has 172 valence electrons. The van der Waals surface area contributed by atoms with Gasteiger partial charge in [0.2, 0.25) is 5.91 Å². The van der Waals surface area contributed by atoms with E-state index in [2.05, 4.69) is 31.9 Å². The van der Waals surface area contributed by atoms with Crippen LogP contribution < -0.4 is 0 Å². The van der Waals surface area contributed by atoms with Crippen LogP contribution >= 0.6 is 11.8 Å². The highest BCUT2D eigenvalue weighted by molar-refractivity contribution is 8.00. The van der Waals surface area contributed by atoms with Crippen LogP contribution in [0.25, 0.3) is 11.4 Å². The number of morpholine rings is 1. The number of carbonyl (C=O) groups excluding carboxylic acids is 1. The van der Waals surface area contributed by atoms with E-state index in [9.17, 15) is 4.79 Å². The molecule has 2 aromatic carbocycles. The number of benzene rings is 2. The highest BCUT2D eigenvalue weighted by Crippen LogP contribution is 2.37. The number of rotatable bonds is 7. The van der Waals surface area contributed by atoms with Gasteiger partial charge in [0.05, 0.1) is 19.8 Å². The number of thioether (sulfide) groups is 1. The molecule has 7 nitrogen and oxygen atoms in total. The van der Waals surface area contributed by atoms with Crippen molar-refractivity contribution in [1.82, 2.24) is 24.6 Å². The van der Waals surface area contributed by atoms with Crippen molar-refractivity contribution in [3.63, 3.8) is 0 Å². The van der Waals surface area contributed by atoms with Gasteiger partial charge in [-0.25, -0.2) is 0 Å². The van der Waals surface area contributed by atoms with Gasteiger partial charge < -0.3 is 9.64 Å². The number of carbonyl (C=O) groups is 1. The number of ether oxygens (including phenoxy) is 1. The van der Waals surface area contributed by atoms with Gasteiger partial charge in [-0.1, -0.05) is 72.4 Å². The van der Waals surface area contributed by atoms with E-state index < -0.39 is 5.25 Å². The molecule has 0 bridgehead atoms. The summed E-state index contributed by atoms with van der Waals surface area (Å²) >= 11 is 1.45. The zero-order valence-electron chi connectivity index (χ0n) is 18.7. The summed E-state index contributed by atoms with van der Waals surface area (Å²) in [6.45, 7) is 2.92. The maximum Gasteiger partial charge on any atom is 0.240 e. The minimum absolute atomic E-state index is 0.0687. The highest BCUT2D eigenvalue weighted by atomic mass is 32.2. The third kappa shape index (κ3) is 5.03. The van der Waals surface area contributed by atoms with Crippen LogP contribution in [0.5, 0.6) is 0 Å². The molecule has 0 unspecified atom stereocenters. The van der Waals surface area contributed by atoms with Crippen molar-refractivity contribution in [2.75, 3.05) is 26.3 Å². The van der Waals surface area contributed by atoms with Gasteiger partial charge in [0, 0.05) is 31.0 Å². The fourth-order valence-electron chi connectivity index (χ4n) is 3.94. The van der Waals surface area contributed by atoms with Crippen LogP contribution in [0.4, 0.5) is 0 Å². The number of hydrogen-bond donors (Lipinski definition) is 0. The van der Waals surface area contributed by atoms with E-state index in [-0.39, 0.29) is 5.91 Å². The van der Waals surface area contributed by atoms with Crippen molar-refractivity contribution in [3.8, 4) is 11.4 Å². The largest absolute Gasteiger partial charge is 0.378 e. The molecule has 3 heterocycles. The molecule has 1 amide bonds. The van der Waals surface area contributed by atoms with Gasteiger partial charge in [0.1, 0.15) is 5.25 Å². The monoisotopic (exact) mass is 471 g/mol. The molecule has 1 atom stereocenters. The summed E-state index contributed by atoms with van der Waals surface area (Å²) in [4.78, 5) is 19.6. The van der Waals surface area contributed by atoms with Gasteiger partial charge in [-0.15, -0.1) is 10.2 Å². The van der Waals surface area contributed by atoms with E-state index in [4.69, 9.17) is 4.74 Å². The Hall–Kier alpha value is -3.49. The maximum atomic E-state index is 13.6. The molecule has 4 aromatic rings. The van der Waals surface area contributed by atoms with E-state index in [1.807, 2.05) is 65.6 Å². The van der Waals surface area contributed by atoms with Crippen molar-refractivity contribution in [2.24, 2.45) is 0 Å². The predicted octanol–water partition coefficient (Wildman–Crippen LogP) is 4.08. The third-order valence-electron chi connectivity index (χ3n) is 5.71. The van der Waals surface area contributed by atoms with Gasteiger partial charge in [-0.3, -0.25) is 14.3 Å². The zero-order valence-corrected chi connectivity index (χ0v) is 19.5. The molecular formula is C26H25N5O2S. The molecule has 0 radical (unpaired) electrons. The Morgan fingerprint density at radius 1 is 0.912 bits per heavy atom. The Bertz CT molecular complexity index is 1210.